The van der Waals surface area contributed by atoms with E-state index >= 15 is 0 Å². The number of aliphatic hydroxyl groups is 1. The number of likely N-dealkylation sites (tertiary alicyclic amines) is 1. The Balaban J connectivity index is 1.18. The predicted octanol–water partition coefficient (Wildman–Crippen LogP) is 4.48. The van der Waals surface area contributed by atoms with E-state index in [0.717, 1.165) is 47.4 Å². The van der Waals surface area contributed by atoms with Crippen molar-refractivity contribution in [3.63, 3.8) is 0 Å². The molecule has 0 unspecified atom stereocenters. The Morgan fingerprint density at radius 2 is 1.98 bits per heavy atom. The third-order valence-electron chi connectivity index (χ3n) is 8.02. The first kappa shape index (κ1) is 30.1. The van der Waals surface area contributed by atoms with Gasteiger partial charge in [-0.1, -0.05) is 35.9 Å². The van der Waals surface area contributed by atoms with E-state index in [1.54, 1.807) is 25.6 Å². The lowest BCUT2D eigenvalue weighted by Gasteiger charge is -2.35. The number of hydrogen-bond acceptors (Lipinski definition) is 9. The molecule has 1 atom stereocenters. The van der Waals surface area contributed by atoms with Gasteiger partial charge in [0.15, 0.2) is 0 Å². The second-order valence-electron chi connectivity index (χ2n) is 11.1. The van der Waals surface area contributed by atoms with Crippen LogP contribution < -0.4 is 15.4 Å². The molecule has 0 spiro atoms. The number of β-amino-alcohol motifs (C(OH)–C–C–N with tert-alkyl or cyclic N) is 1. The smallest absolute Gasteiger partial charge is 0.274 e. The minimum Gasteiger partial charge on any atom is -0.481 e. The summed E-state index contributed by atoms with van der Waals surface area (Å²) in [6.07, 6.45) is 4.51. The first-order valence-corrected chi connectivity index (χ1v) is 15.0. The molecule has 4 aromatic rings. The molecule has 44 heavy (non-hydrogen) atoms. The van der Waals surface area contributed by atoms with Crippen LogP contribution in [0.2, 0.25) is 5.02 Å². The zero-order valence-corrected chi connectivity index (χ0v) is 25.5. The maximum absolute atomic E-state index is 13.1. The highest BCUT2D eigenvalue weighted by molar-refractivity contribution is 6.35. The zero-order chi connectivity index (χ0) is 30.6. The van der Waals surface area contributed by atoms with Crippen LogP contribution in [0.3, 0.4) is 0 Å². The maximum atomic E-state index is 13.1. The normalized spacial score (nSPS) is 16.7. The molecule has 1 aromatic carbocycles. The molecule has 2 aliphatic rings. The number of carbonyl (C=O) groups is 1. The van der Waals surface area contributed by atoms with Crippen LogP contribution in [0.25, 0.3) is 22.5 Å². The van der Waals surface area contributed by atoms with Crippen molar-refractivity contribution < 1.29 is 19.4 Å². The van der Waals surface area contributed by atoms with E-state index in [0.29, 0.717) is 59.9 Å². The van der Waals surface area contributed by atoms with E-state index in [1.165, 1.54) is 0 Å². The highest BCUT2D eigenvalue weighted by atomic mass is 35.5. The van der Waals surface area contributed by atoms with Crippen molar-refractivity contribution in [1.29, 1.82) is 0 Å². The molecule has 5 heterocycles. The quantitative estimate of drug-likeness (QED) is 0.224. The van der Waals surface area contributed by atoms with Gasteiger partial charge in [-0.2, -0.15) is 0 Å². The molecule has 3 N–H and O–H groups in total. The topological polar surface area (TPSA) is 122 Å². The summed E-state index contributed by atoms with van der Waals surface area (Å²) in [7, 11) is 1.61. The monoisotopic (exact) mass is 614 g/mol. The van der Waals surface area contributed by atoms with Crippen LogP contribution in [-0.2, 0) is 17.8 Å². The summed E-state index contributed by atoms with van der Waals surface area (Å²) in [5.74, 6) is 0.218. The zero-order valence-electron chi connectivity index (χ0n) is 24.7. The largest absolute Gasteiger partial charge is 0.481 e. The van der Waals surface area contributed by atoms with Crippen LogP contribution in [0.1, 0.15) is 33.6 Å². The van der Waals surface area contributed by atoms with E-state index in [4.69, 9.17) is 26.1 Å². The number of amides is 1. The first-order chi connectivity index (χ1) is 21.4. The number of anilines is 1. The van der Waals surface area contributed by atoms with Gasteiger partial charge in [-0.15, -0.1) is 0 Å². The molecular weight excluding hydrogens is 580 g/mol. The molecule has 0 saturated carbocycles. The van der Waals surface area contributed by atoms with Gasteiger partial charge in [-0.25, -0.2) is 4.98 Å². The van der Waals surface area contributed by atoms with Gasteiger partial charge in [0.05, 0.1) is 35.7 Å². The number of nitrogens with zero attached hydrogens (tertiary/aromatic N) is 4. The summed E-state index contributed by atoms with van der Waals surface area (Å²) in [6.45, 7) is 6.17. The molecule has 0 radical (unpaired) electrons. The van der Waals surface area contributed by atoms with Crippen molar-refractivity contribution in [2.45, 2.75) is 38.6 Å². The predicted molar refractivity (Wildman–Crippen MR) is 169 cm³/mol. The van der Waals surface area contributed by atoms with Crippen molar-refractivity contribution in [1.82, 2.24) is 25.2 Å². The molecule has 2 saturated heterocycles. The van der Waals surface area contributed by atoms with Gasteiger partial charge in [0.2, 0.25) is 5.88 Å². The number of aliphatic hydroxyl groups excluding tert-OH is 1. The fourth-order valence-electron chi connectivity index (χ4n) is 5.37. The van der Waals surface area contributed by atoms with Crippen LogP contribution in [0.15, 0.2) is 60.9 Å². The number of pyridine rings is 3. The number of methoxy groups -OCH3 is 1. The summed E-state index contributed by atoms with van der Waals surface area (Å²) in [5.41, 5.74) is 6.49. The molecule has 2 fully saturated rings. The number of hydrogen-bond donors (Lipinski definition) is 3. The summed E-state index contributed by atoms with van der Waals surface area (Å²) in [6, 6.07) is 15.0. The van der Waals surface area contributed by atoms with E-state index < -0.39 is 0 Å². The van der Waals surface area contributed by atoms with Gasteiger partial charge in [-0.05, 0) is 48.7 Å². The highest BCUT2D eigenvalue weighted by Crippen LogP contribution is 2.38. The highest BCUT2D eigenvalue weighted by Gasteiger charge is 2.24. The number of benzene rings is 1. The Kier molecular flexibility index (Phi) is 9.15. The third-order valence-corrected chi connectivity index (χ3v) is 8.40. The van der Waals surface area contributed by atoms with Crippen LogP contribution in [-0.4, -0.2) is 76.4 Å². The second-order valence-corrected chi connectivity index (χ2v) is 11.5. The standard InChI is InChI=1S/C33H35ClN6O4/c1-20-25(4-3-5-27(20)38-32(42)29-8-6-21(14-37-29)17-40-18-23(41)19-40)31-30(34)26(10-12-36-31)28-9-7-22(33(39-28)43-2)15-35-16-24-11-13-44-24/h3-10,12,14,23-24,35,41H,11,13,15-19H2,1-2H3,(H,38,42)/t24-/m0/s1. The molecule has 0 aliphatic carbocycles. The molecule has 3 aromatic heterocycles. The second kappa shape index (κ2) is 13.4. The van der Waals surface area contributed by atoms with Gasteiger partial charge in [0.1, 0.15) is 5.69 Å². The summed E-state index contributed by atoms with van der Waals surface area (Å²) in [5, 5.41) is 16.3. The fraction of sp³-hybridized carbons (Fsp3) is 0.333. The number of nitrogens with one attached hydrogen (secondary N) is 2. The van der Waals surface area contributed by atoms with Gasteiger partial charge in [0.25, 0.3) is 5.91 Å². The molecule has 6 rings (SSSR count). The van der Waals surface area contributed by atoms with Gasteiger partial charge in [0, 0.05) is 74.1 Å². The van der Waals surface area contributed by atoms with Crippen LogP contribution >= 0.6 is 11.6 Å². The maximum Gasteiger partial charge on any atom is 0.274 e. The van der Waals surface area contributed by atoms with E-state index in [1.807, 2.05) is 49.4 Å². The SMILES string of the molecule is COc1nc(-c2ccnc(-c3cccc(NC(=O)c4ccc(CN5CC(O)C5)cn4)c3C)c2Cl)ccc1CNC[C@@H]1CCO1. The number of ether oxygens (including phenoxy) is 2. The number of aromatic nitrogens is 3. The molecule has 10 nitrogen and oxygen atoms in total. The van der Waals surface area contributed by atoms with E-state index in [2.05, 4.69) is 25.5 Å². The lowest BCUT2D eigenvalue weighted by atomic mass is 10.0. The number of rotatable bonds is 11. The first-order valence-electron chi connectivity index (χ1n) is 14.7. The van der Waals surface area contributed by atoms with Gasteiger partial charge >= 0.3 is 0 Å². The van der Waals surface area contributed by atoms with Gasteiger partial charge in [-0.3, -0.25) is 19.7 Å². The van der Waals surface area contributed by atoms with Crippen LogP contribution in [0.5, 0.6) is 5.88 Å². The lowest BCUT2D eigenvalue weighted by Crippen LogP contribution is -2.49. The van der Waals surface area contributed by atoms with Crippen molar-refractivity contribution >= 4 is 23.2 Å². The average Bonchev–Trinajstić information content (AvgIpc) is 2.99. The summed E-state index contributed by atoms with van der Waals surface area (Å²) in [4.78, 5) is 28.9. The van der Waals surface area contributed by atoms with Gasteiger partial charge < -0.3 is 25.2 Å². The molecule has 11 heteroatoms. The van der Waals surface area contributed by atoms with Crippen molar-refractivity contribution in [2.24, 2.45) is 0 Å². The Morgan fingerprint density at radius 3 is 2.68 bits per heavy atom. The third kappa shape index (κ3) is 6.59. The molecule has 2 aliphatic heterocycles. The van der Waals surface area contributed by atoms with Crippen LogP contribution in [0, 0.1) is 6.92 Å². The number of halogens is 1. The fourth-order valence-corrected chi connectivity index (χ4v) is 5.68. The Hall–Kier alpha value is -3.93. The van der Waals surface area contributed by atoms with E-state index in [9.17, 15) is 9.90 Å². The van der Waals surface area contributed by atoms with Crippen LogP contribution in [0.4, 0.5) is 5.69 Å². The number of carbonyl (C=O) groups excluding carboxylic acids is 1. The minimum absolute atomic E-state index is 0.253. The Labute approximate surface area is 261 Å². The van der Waals surface area contributed by atoms with Crippen molar-refractivity contribution in [3.05, 3.63) is 88.3 Å². The Morgan fingerprint density at radius 1 is 1.14 bits per heavy atom. The molecule has 0 bridgehead atoms. The summed E-state index contributed by atoms with van der Waals surface area (Å²) >= 11 is 6.97. The molecule has 1 amide bonds. The Bertz CT molecular complexity index is 1640. The summed E-state index contributed by atoms with van der Waals surface area (Å²) < 4.78 is 11.1. The van der Waals surface area contributed by atoms with E-state index in [-0.39, 0.29) is 18.1 Å². The van der Waals surface area contributed by atoms with Crippen molar-refractivity contribution in [3.8, 4) is 28.4 Å². The minimum atomic E-state index is -0.310. The average molecular weight is 615 g/mol. The lowest BCUT2D eigenvalue weighted by molar-refractivity contribution is -0.0484. The molecular formula is C33H35ClN6O4. The van der Waals surface area contributed by atoms with Crippen molar-refractivity contribution in [2.75, 3.05) is 38.7 Å². The molecule has 228 valence electrons.